The molecule has 1 amide bonds. The maximum absolute atomic E-state index is 11.8. The Morgan fingerprint density at radius 3 is 2.42 bits per heavy atom. The van der Waals surface area contributed by atoms with E-state index in [-0.39, 0.29) is 5.91 Å². The Balaban J connectivity index is 1.88. The number of carbonyl (C=O) groups is 1. The van der Waals surface area contributed by atoms with Crippen LogP contribution in [0.3, 0.4) is 0 Å². The fourth-order valence-electron chi connectivity index (χ4n) is 1.96. The largest absolute Gasteiger partial charge is 0.326 e. The lowest BCUT2D eigenvalue weighted by Crippen LogP contribution is -2.12. The molecule has 0 radical (unpaired) electrons. The van der Waals surface area contributed by atoms with Crippen LogP contribution in [0.1, 0.15) is 23.1 Å². The first-order valence-electron chi connectivity index (χ1n) is 6.56. The van der Waals surface area contributed by atoms with Gasteiger partial charge in [-0.15, -0.1) is 0 Å². The topological polar surface area (TPSA) is 29.1 Å². The molecule has 0 aliphatic rings. The van der Waals surface area contributed by atoms with Gasteiger partial charge in [-0.2, -0.15) is 0 Å². The summed E-state index contributed by atoms with van der Waals surface area (Å²) in [5.74, 6) is 0.0597. The first kappa shape index (κ1) is 13.3. The summed E-state index contributed by atoms with van der Waals surface area (Å²) in [5.41, 5.74) is 4.64. The first-order chi connectivity index (χ1) is 9.15. The van der Waals surface area contributed by atoms with Crippen LogP contribution in [0.5, 0.6) is 0 Å². The third-order valence-corrected chi connectivity index (χ3v) is 3.27. The van der Waals surface area contributed by atoms with Crippen molar-refractivity contribution in [1.82, 2.24) is 0 Å². The van der Waals surface area contributed by atoms with Crippen LogP contribution < -0.4 is 5.32 Å². The minimum atomic E-state index is 0.0597. The van der Waals surface area contributed by atoms with Gasteiger partial charge in [0.2, 0.25) is 5.91 Å². The Bertz CT molecular complexity index is 561. The zero-order valence-electron chi connectivity index (χ0n) is 11.4. The van der Waals surface area contributed by atoms with Crippen LogP contribution in [0.2, 0.25) is 0 Å². The Morgan fingerprint density at radius 2 is 1.74 bits per heavy atom. The molecule has 2 heteroatoms. The summed E-state index contributed by atoms with van der Waals surface area (Å²) in [4.78, 5) is 11.8. The zero-order valence-corrected chi connectivity index (χ0v) is 11.4. The van der Waals surface area contributed by atoms with Gasteiger partial charge in [0.15, 0.2) is 0 Å². The molecular formula is C17H19NO. The van der Waals surface area contributed by atoms with E-state index in [0.717, 1.165) is 12.1 Å². The van der Waals surface area contributed by atoms with Crippen molar-refractivity contribution in [2.45, 2.75) is 26.7 Å². The summed E-state index contributed by atoms with van der Waals surface area (Å²) in [6.07, 6.45) is 1.29. The van der Waals surface area contributed by atoms with Crippen LogP contribution in [0.25, 0.3) is 0 Å². The summed E-state index contributed by atoms with van der Waals surface area (Å²) in [6.45, 7) is 4.20. The quantitative estimate of drug-likeness (QED) is 0.880. The Hall–Kier alpha value is -2.09. The van der Waals surface area contributed by atoms with Crippen molar-refractivity contribution in [3.05, 3.63) is 65.2 Å². The molecule has 0 atom stereocenters. The predicted molar refractivity (Wildman–Crippen MR) is 79.3 cm³/mol. The highest BCUT2D eigenvalue weighted by atomic mass is 16.1. The van der Waals surface area contributed by atoms with Crippen LogP contribution >= 0.6 is 0 Å². The van der Waals surface area contributed by atoms with Gasteiger partial charge < -0.3 is 5.32 Å². The molecule has 1 N–H and O–H groups in total. The van der Waals surface area contributed by atoms with E-state index in [1.165, 1.54) is 16.7 Å². The summed E-state index contributed by atoms with van der Waals surface area (Å²) >= 11 is 0. The molecule has 0 unspecified atom stereocenters. The van der Waals surface area contributed by atoms with Crippen molar-refractivity contribution in [1.29, 1.82) is 0 Å². The number of nitrogens with one attached hydrogen (secondary N) is 1. The van der Waals surface area contributed by atoms with Gasteiger partial charge in [0.05, 0.1) is 0 Å². The molecular weight excluding hydrogens is 234 g/mol. The monoisotopic (exact) mass is 253 g/mol. The average molecular weight is 253 g/mol. The van der Waals surface area contributed by atoms with Crippen LogP contribution in [-0.2, 0) is 11.2 Å². The molecule has 0 saturated carbocycles. The third kappa shape index (κ3) is 3.95. The molecule has 0 spiro atoms. The summed E-state index contributed by atoms with van der Waals surface area (Å²) < 4.78 is 0. The molecule has 0 aliphatic carbocycles. The molecule has 0 aromatic heterocycles. The van der Waals surface area contributed by atoms with E-state index in [0.29, 0.717) is 6.42 Å². The standard InChI is InChI=1S/C17H19NO/c1-13-8-9-15(12-14(13)2)10-11-17(19)18-16-6-4-3-5-7-16/h3-9,12H,10-11H2,1-2H3,(H,18,19). The fourth-order valence-corrected chi connectivity index (χ4v) is 1.96. The average Bonchev–Trinajstić information content (AvgIpc) is 2.41. The molecule has 2 nitrogen and oxygen atoms in total. The smallest absolute Gasteiger partial charge is 0.224 e. The number of anilines is 1. The number of rotatable bonds is 4. The lowest BCUT2D eigenvalue weighted by molar-refractivity contribution is -0.116. The maximum Gasteiger partial charge on any atom is 0.224 e. The van der Waals surface area contributed by atoms with Crippen molar-refractivity contribution < 1.29 is 4.79 Å². The summed E-state index contributed by atoms with van der Waals surface area (Å²) in [6, 6.07) is 15.9. The Kier molecular flexibility index (Phi) is 4.35. The molecule has 2 aromatic carbocycles. The highest BCUT2D eigenvalue weighted by molar-refractivity contribution is 5.90. The van der Waals surface area contributed by atoms with Gasteiger partial charge in [-0.25, -0.2) is 0 Å². The van der Waals surface area contributed by atoms with Gasteiger partial charge in [-0.05, 0) is 49.1 Å². The molecule has 19 heavy (non-hydrogen) atoms. The third-order valence-electron chi connectivity index (χ3n) is 3.27. The van der Waals surface area contributed by atoms with Crippen LogP contribution in [0.15, 0.2) is 48.5 Å². The number of carbonyl (C=O) groups excluding carboxylic acids is 1. The van der Waals surface area contributed by atoms with Gasteiger partial charge in [-0.3, -0.25) is 4.79 Å². The van der Waals surface area contributed by atoms with Gasteiger partial charge >= 0.3 is 0 Å². The van der Waals surface area contributed by atoms with Crippen molar-refractivity contribution in [2.75, 3.05) is 5.32 Å². The second-order valence-electron chi connectivity index (χ2n) is 4.83. The summed E-state index contributed by atoms with van der Waals surface area (Å²) in [7, 11) is 0. The van der Waals surface area contributed by atoms with Crippen molar-refractivity contribution in [3.63, 3.8) is 0 Å². The fraction of sp³-hybridized carbons (Fsp3) is 0.235. The Labute approximate surface area is 114 Å². The highest BCUT2D eigenvalue weighted by Crippen LogP contribution is 2.12. The molecule has 98 valence electrons. The van der Waals surface area contributed by atoms with E-state index in [4.69, 9.17) is 0 Å². The summed E-state index contributed by atoms with van der Waals surface area (Å²) in [5, 5.41) is 2.90. The lowest BCUT2D eigenvalue weighted by atomic mass is 10.0. The van der Waals surface area contributed by atoms with E-state index in [9.17, 15) is 4.79 Å². The molecule has 0 aliphatic heterocycles. The second kappa shape index (κ2) is 6.19. The van der Waals surface area contributed by atoms with Gasteiger partial charge in [0.25, 0.3) is 0 Å². The molecule has 0 fully saturated rings. The van der Waals surface area contributed by atoms with Crippen molar-refractivity contribution in [3.8, 4) is 0 Å². The van der Waals surface area contributed by atoms with Crippen molar-refractivity contribution >= 4 is 11.6 Å². The Morgan fingerprint density at radius 1 is 1.00 bits per heavy atom. The van der Waals surface area contributed by atoms with E-state index in [2.05, 4.69) is 37.4 Å². The second-order valence-corrected chi connectivity index (χ2v) is 4.83. The van der Waals surface area contributed by atoms with Crippen LogP contribution in [0, 0.1) is 13.8 Å². The zero-order chi connectivity index (χ0) is 13.7. The number of aryl methyl sites for hydroxylation is 3. The minimum Gasteiger partial charge on any atom is -0.326 e. The maximum atomic E-state index is 11.8. The van der Waals surface area contributed by atoms with E-state index >= 15 is 0 Å². The SMILES string of the molecule is Cc1ccc(CCC(=O)Nc2ccccc2)cc1C. The molecule has 0 bridgehead atoms. The van der Waals surface area contributed by atoms with E-state index in [1.54, 1.807) is 0 Å². The number of para-hydroxylation sites is 1. The minimum absolute atomic E-state index is 0.0597. The predicted octanol–water partition coefficient (Wildman–Crippen LogP) is 3.87. The van der Waals surface area contributed by atoms with Gasteiger partial charge in [0, 0.05) is 12.1 Å². The number of benzene rings is 2. The van der Waals surface area contributed by atoms with E-state index in [1.807, 2.05) is 30.3 Å². The highest BCUT2D eigenvalue weighted by Gasteiger charge is 2.03. The molecule has 2 rings (SSSR count). The van der Waals surface area contributed by atoms with Gasteiger partial charge in [0.1, 0.15) is 0 Å². The number of hydrogen-bond donors (Lipinski definition) is 1. The van der Waals surface area contributed by atoms with E-state index < -0.39 is 0 Å². The number of hydrogen-bond acceptors (Lipinski definition) is 1. The molecule has 0 heterocycles. The first-order valence-corrected chi connectivity index (χ1v) is 6.56. The molecule has 0 saturated heterocycles. The van der Waals surface area contributed by atoms with Crippen molar-refractivity contribution in [2.24, 2.45) is 0 Å². The number of amides is 1. The molecule has 2 aromatic rings. The van der Waals surface area contributed by atoms with Crippen LogP contribution in [0.4, 0.5) is 5.69 Å². The van der Waals surface area contributed by atoms with Gasteiger partial charge in [-0.1, -0.05) is 36.4 Å². The van der Waals surface area contributed by atoms with Crippen LogP contribution in [-0.4, -0.2) is 5.91 Å². The lowest BCUT2D eigenvalue weighted by Gasteiger charge is -2.06. The normalized spacial score (nSPS) is 10.2.